The van der Waals surface area contributed by atoms with Gasteiger partial charge < -0.3 is 4.74 Å². The monoisotopic (exact) mass is 127 g/mol. The fourth-order valence-electron chi connectivity index (χ4n) is 0.466. The standard InChI is InChI=1S/C7H13NO/c1-2-3-6-9-7-4-5-8/h2-4,6-7H2,1H3. The maximum absolute atomic E-state index is 8.09. The third kappa shape index (κ3) is 7.45. The molecule has 0 aromatic heterocycles. The summed E-state index contributed by atoms with van der Waals surface area (Å²) in [5, 5.41) is 8.09. The summed E-state index contributed by atoms with van der Waals surface area (Å²) in [4.78, 5) is 0. The predicted octanol–water partition coefficient (Wildman–Crippen LogP) is 1.72. The summed E-state index contributed by atoms with van der Waals surface area (Å²) in [5.74, 6) is 0. The van der Waals surface area contributed by atoms with Gasteiger partial charge in [-0.3, -0.25) is 0 Å². The Balaban J connectivity index is 2.69. The van der Waals surface area contributed by atoms with E-state index in [4.69, 9.17) is 10.00 Å². The molecule has 0 unspecified atom stereocenters. The minimum absolute atomic E-state index is 0.518. The lowest BCUT2D eigenvalue weighted by Gasteiger charge is -1.96. The molecule has 0 saturated carbocycles. The molecule has 0 saturated heterocycles. The van der Waals surface area contributed by atoms with E-state index in [-0.39, 0.29) is 0 Å². The van der Waals surface area contributed by atoms with Gasteiger partial charge in [0.2, 0.25) is 0 Å². The van der Waals surface area contributed by atoms with E-state index in [0.717, 1.165) is 19.4 Å². The lowest BCUT2D eigenvalue weighted by Crippen LogP contribution is -1.94. The van der Waals surface area contributed by atoms with Gasteiger partial charge in [-0.05, 0) is 6.42 Å². The summed E-state index contributed by atoms with van der Waals surface area (Å²) in [6, 6.07) is 2.02. The molecule has 0 bridgehead atoms. The molecule has 2 heteroatoms. The van der Waals surface area contributed by atoms with Crippen molar-refractivity contribution in [2.45, 2.75) is 26.2 Å². The van der Waals surface area contributed by atoms with E-state index in [1.165, 1.54) is 0 Å². The van der Waals surface area contributed by atoms with Gasteiger partial charge in [0, 0.05) is 6.61 Å². The van der Waals surface area contributed by atoms with Crippen LogP contribution in [0.25, 0.3) is 0 Å². The first kappa shape index (κ1) is 8.45. The van der Waals surface area contributed by atoms with Crippen molar-refractivity contribution < 1.29 is 4.74 Å². The highest BCUT2D eigenvalue weighted by Crippen LogP contribution is 1.88. The van der Waals surface area contributed by atoms with Crippen LogP contribution in [0.4, 0.5) is 0 Å². The Morgan fingerprint density at radius 2 is 2.22 bits per heavy atom. The quantitative estimate of drug-likeness (QED) is 0.527. The van der Waals surface area contributed by atoms with Gasteiger partial charge in [-0.15, -0.1) is 0 Å². The van der Waals surface area contributed by atoms with Crippen LogP contribution in [0.5, 0.6) is 0 Å². The highest BCUT2D eigenvalue weighted by molar-refractivity contribution is 4.66. The van der Waals surface area contributed by atoms with E-state index in [0.29, 0.717) is 13.0 Å². The molecule has 2 nitrogen and oxygen atoms in total. The molecule has 0 fully saturated rings. The van der Waals surface area contributed by atoms with Gasteiger partial charge in [-0.1, -0.05) is 13.3 Å². The minimum Gasteiger partial charge on any atom is -0.380 e. The molecule has 0 aliphatic carbocycles. The van der Waals surface area contributed by atoms with Gasteiger partial charge in [0.25, 0.3) is 0 Å². The van der Waals surface area contributed by atoms with E-state index in [1.54, 1.807) is 0 Å². The molecule has 0 radical (unpaired) electrons. The molecule has 0 heterocycles. The number of nitrogens with zero attached hydrogens (tertiary/aromatic N) is 1. The van der Waals surface area contributed by atoms with Crippen LogP contribution in [-0.4, -0.2) is 13.2 Å². The number of unbranched alkanes of at least 4 members (excludes halogenated alkanes) is 1. The summed E-state index contributed by atoms with van der Waals surface area (Å²) in [6.07, 6.45) is 2.78. The summed E-state index contributed by atoms with van der Waals surface area (Å²) in [6.45, 7) is 3.52. The zero-order valence-electron chi connectivity index (χ0n) is 5.89. The average molecular weight is 127 g/mol. The third-order valence-electron chi connectivity index (χ3n) is 1.00. The first-order chi connectivity index (χ1) is 4.41. The Labute approximate surface area is 56.4 Å². The second kappa shape index (κ2) is 7.45. The molecule has 0 spiro atoms. The molecule has 0 rings (SSSR count). The van der Waals surface area contributed by atoms with Crippen LogP contribution in [0.15, 0.2) is 0 Å². The molecule has 0 aromatic carbocycles. The summed E-state index contributed by atoms with van der Waals surface area (Å²) >= 11 is 0. The van der Waals surface area contributed by atoms with Crippen molar-refractivity contribution >= 4 is 0 Å². The Hall–Kier alpha value is -0.550. The van der Waals surface area contributed by atoms with Crippen LogP contribution in [0.3, 0.4) is 0 Å². The Morgan fingerprint density at radius 1 is 1.44 bits per heavy atom. The molecular weight excluding hydrogens is 114 g/mol. The van der Waals surface area contributed by atoms with Crippen LogP contribution in [0.1, 0.15) is 26.2 Å². The van der Waals surface area contributed by atoms with Gasteiger partial charge in [-0.25, -0.2) is 0 Å². The molecule has 52 valence electrons. The Morgan fingerprint density at radius 3 is 2.78 bits per heavy atom. The summed E-state index contributed by atoms with van der Waals surface area (Å²) in [5.41, 5.74) is 0. The normalized spacial score (nSPS) is 8.89. The highest BCUT2D eigenvalue weighted by Gasteiger charge is 1.84. The second-order valence-corrected chi connectivity index (χ2v) is 1.87. The molecule has 0 aliphatic heterocycles. The number of nitriles is 1. The number of rotatable bonds is 5. The minimum atomic E-state index is 0.518. The summed E-state index contributed by atoms with van der Waals surface area (Å²) < 4.78 is 5.09. The average Bonchev–Trinajstić information content (AvgIpc) is 1.89. The van der Waals surface area contributed by atoms with Crippen molar-refractivity contribution in [3.63, 3.8) is 0 Å². The zero-order valence-corrected chi connectivity index (χ0v) is 5.89. The van der Waals surface area contributed by atoms with E-state index < -0.39 is 0 Å². The van der Waals surface area contributed by atoms with Gasteiger partial charge in [0.1, 0.15) is 0 Å². The van der Waals surface area contributed by atoms with Gasteiger partial charge in [0.05, 0.1) is 19.1 Å². The van der Waals surface area contributed by atoms with Crippen molar-refractivity contribution in [2.75, 3.05) is 13.2 Å². The molecule has 0 atom stereocenters. The van der Waals surface area contributed by atoms with Crippen LogP contribution < -0.4 is 0 Å². The van der Waals surface area contributed by atoms with Crippen LogP contribution in [0, 0.1) is 11.3 Å². The van der Waals surface area contributed by atoms with Crippen LogP contribution in [0.2, 0.25) is 0 Å². The van der Waals surface area contributed by atoms with E-state index >= 15 is 0 Å². The van der Waals surface area contributed by atoms with Crippen molar-refractivity contribution in [3.8, 4) is 6.07 Å². The smallest absolute Gasteiger partial charge is 0.0645 e. The first-order valence-electron chi connectivity index (χ1n) is 3.36. The fourth-order valence-corrected chi connectivity index (χ4v) is 0.466. The number of hydrogen-bond acceptors (Lipinski definition) is 2. The topological polar surface area (TPSA) is 33.0 Å². The lowest BCUT2D eigenvalue weighted by molar-refractivity contribution is 0.136. The van der Waals surface area contributed by atoms with Crippen molar-refractivity contribution in [1.29, 1.82) is 5.26 Å². The second-order valence-electron chi connectivity index (χ2n) is 1.87. The Kier molecular flexibility index (Phi) is 6.99. The van der Waals surface area contributed by atoms with Crippen molar-refractivity contribution in [2.24, 2.45) is 0 Å². The molecule has 0 aliphatic rings. The molecule has 9 heavy (non-hydrogen) atoms. The van der Waals surface area contributed by atoms with E-state index in [1.807, 2.05) is 6.07 Å². The van der Waals surface area contributed by atoms with E-state index in [9.17, 15) is 0 Å². The van der Waals surface area contributed by atoms with Crippen molar-refractivity contribution in [1.82, 2.24) is 0 Å². The predicted molar refractivity (Wildman–Crippen MR) is 36.0 cm³/mol. The van der Waals surface area contributed by atoms with Crippen LogP contribution in [-0.2, 0) is 4.74 Å². The first-order valence-corrected chi connectivity index (χ1v) is 3.36. The SMILES string of the molecule is CCCCOCCC#N. The summed E-state index contributed by atoms with van der Waals surface area (Å²) in [7, 11) is 0. The Bertz CT molecular complexity index is 85.4. The van der Waals surface area contributed by atoms with Crippen LogP contribution >= 0.6 is 0 Å². The third-order valence-corrected chi connectivity index (χ3v) is 1.00. The zero-order chi connectivity index (χ0) is 6.95. The fraction of sp³-hybridized carbons (Fsp3) is 0.857. The van der Waals surface area contributed by atoms with E-state index in [2.05, 4.69) is 6.92 Å². The van der Waals surface area contributed by atoms with Gasteiger partial charge in [-0.2, -0.15) is 5.26 Å². The molecule has 0 aromatic rings. The number of hydrogen-bond donors (Lipinski definition) is 0. The largest absolute Gasteiger partial charge is 0.380 e. The highest BCUT2D eigenvalue weighted by atomic mass is 16.5. The maximum atomic E-state index is 8.09. The lowest BCUT2D eigenvalue weighted by atomic mass is 10.4. The maximum Gasteiger partial charge on any atom is 0.0645 e. The van der Waals surface area contributed by atoms with Gasteiger partial charge >= 0.3 is 0 Å². The number of ether oxygens (including phenoxy) is 1. The van der Waals surface area contributed by atoms with Gasteiger partial charge in [0.15, 0.2) is 0 Å². The molecule has 0 amide bonds. The molecular formula is C7H13NO. The molecule has 0 N–H and O–H groups in total. The van der Waals surface area contributed by atoms with Crippen molar-refractivity contribution in [3.05, 3.63) is 0 Å².